The van der Waals surface area contributed by atoms with E-state index in [1.54, 1.807) is 16.8 Å². The molecule has 0 N–H and O–H groups in total. The number of rotatable bonds is 5. The highest BCUT2D eigenvalue weighted by atomic mass is 32.2. The van der Waals surface area contributed by atoms with Crippen LogP contribution in [0.25, 0.3) is 17.1 Å². The summed E-state index contributed by atoms with van der Waals surface area (Å²) in [5.41, 5.74) is 3.86. The van der Waals surface area contributed by atoms with Gasteiger partial charge in [0.2, 0.25) is 5.16 Å². The van der Waals surface area contributed by atoms with Crippen LogP contribution in [0.4, 0.5) is 4.39 Å². The van der Waals surface area contributed by atoms with Crippen molar-refractivity contribution in [1.82, 2.24) is 30.3 Å². The molecule has 136 valence electrons. The molecule has 0 saturated heterocycles. The van der Waals surface area contributed by atoms with Crippen molar-refractivity contribution in [2.45, 2.75) is 24.8 Å². The number of halogens is 1. The van der Waals surface area contributed by atoms with Gasteiger partial charge in [-0.1, -0.05) is 34.6 Å². The quantitative estimate of drug-likeness (QED) is 0.486. The lowest BCUT2D eigenvalue weighted by atomic mass is 10.1. The van der Waals surface area contributed by atoms with E-state index >= 15 is 0 Å². The summed E-state index contributed by atoms with van der Waals surface area (Å²) in [6.45, 7) is 4.06. The molecule has 0 aliphatic rings. The number of nitrogens with zero attached hydrogens (tertiary/aromatic N) is 6. The third-order valence-electron chi connectivity index (χ3n) is 3.91. The van der Waals surface area contributed by atoms with Gasteiger partial charge in [0, 0.05) is 5.56 Å². The number of aromatic nitrogens is 6. The molecule has 2 aromatic heterocycles. The lowest BCUT2D eigenvalue weighted by Crippen LogP contribution is -2.02. The minimum Gasteiger partial charge on any atom is -0.334 e. The number of thioether (sulfide) groups is 1. The van der Waals surface area contributed by atoms with Gasteiger partial charge in [0.25, 0.3) is 5.89 Å². The first-order chi connectivity index (χ1) is 13.1. The predicted molar refractivity (Wildman–Crippen MR) is 97.9 cm³/mol. The molecular weight excluding hydrogens is 367 g/mol. The van der Waals surface area contributed by atoms with Crippen molar-refractivity contribution < 1.29 is 8.91 Å². The van der Waals surface area contributed by atoms with Crippen LogP contribution in [0.1, 0.15) is 17.0 Å². The lowest BCUT2D eigenvalue weighted by Gasteiger charge is -2.07. The lowest BCUT2D eigenvalue weighted by molar-refractivity contribution is 0.425. The van der Waals surface area contributed by atoms with E-state index in [-0.39, 0.29) is 5.82 Å². The van der Waals surface area contributed by atoms with Crippen LogP contribution < -0.4 is 0 Å². The van der Waals surface area contributed by atoms with E-state index in [0.717, 1.165) is 11.3 Å². The summed E-state index contributed by atoms with van der Waals surface area (Å²) in [5, 5.41) is 16.5. The Morgan fingerprint density at radius 1 is 1.11 bits per heavy atom. The monoisotopic (exact) mass is 382 g/mol. The molecule has 0 fully saturated rings. The summed E-state index contributed by atoms with van der Waals surface area (Å²) >= 11 is 1.41. The second-order valence-electron chi connectivity index (χ2n) is 5.97. The third-order valence-corrected chi connectivity index (χ3v) is 4.83. The van der Waals surface area contributed by atoms with E-state index in [4.69, 9.17) is 4.52 Å². The van der Waals surface area contributed by atoms with Gasteiger partial charge >= 0.3 is 0 Å². The Hall–Kier alpha value is -3.07. The summed E-state index contributed by atoms with van der Waals surface area (Å²) in [6.07, 6.45) is 0. The van der Waals surface area contributed by atoms with Crippen molar-refractivity contribution in [3.63, 3.8) is 0 Å². The molecular formula is C18H15FN6OS. The van der Waals surface area contributed by atoms with E-state index in [2.05, 4.69) is 31.7 Å². The van der Waals surface area contributed by atoms with Crippen LogP contribution in [-0.4, -0.2) is 30.3 Å². The van der Waals surface area contributed by atoms with E-state index in [1.165, 1.54) is 29.5 Å². The Balaban J connectivity index is 1.50. The maximum Gasteiger partial charge on any atom is 0.257 e. The van der Waals surface area contributed by atoms with Gasteiger partial charge in [-0.15, -0.1) is 5.10 Å². The molecule has 0 aliphatic heterocycles. The molecule has 4 aromatic rings. The fourth-order valence-corrected chi connectivity index (χ4v) is 3.34. The maximum atomic E-state index is 13.0. The van der Waals surface area contributed by atoms with Gasteiger partial charge in [-0.25, -0.2) is 4.39 Å². The predicted octanol–water partition coefficient (Wildman–Crippen LogP) is 3.76. The number of tetrazole rings is 1. The zero-order chi connectivity index (χ0) is 18.8. The highest BCUT2D eigenvalue weighted by Gasteiger charge is 2.14. The first-order valence-corrected chi connectivity index (χ1v) is 9.16. The Bertz CT molecular complexity index is 1080. The van der Waals surface area contributed by atoms with Crippen molar-refractivity contribution in [3.05, 3.63) is 65.2 Å². The van der Waals surface area contributed by atoms with Gasteiger partial charge in [-0.3, -0.25) is 0 Å². The van der Waals surface area contributed by atoms with Crippen LogP contribution >= 0.6 is 11.8 Å². The minimum atomic E-state index is -0.313. The minimum absolute atomic E-state index is 0.313. The van der Waals surface area contributed by atoms with Gasteiger partial charge in [-0.2, -0.15) is 9.67 Å². The van der Waals surface area contributed by atoms with Crippen molar-refractivity contribution in [2.75, 3.05) is 0 Å². The van der Waals surface area contributed by atoms with Gasteiger partial charge < -0.3 is 4.52 Å². The van der Waals surface area contributed by atoms with Gasteiger partial charge in [-0.05, 0) is 60.2 Å². The second-order valence-corrected chi connectivity index (χ2v) is 6.92. The molecule has 2 heterocycles. The molecule has 0 aliphatic carbocycles. The molecule has 0 saturated carbocycles. The molecule has 2 aromatic carbocycles. The molecule has 0 spiro atoms. The Labute approximate surface area is 158 Å². The maximum absolute atomic E-state index is 13.0. The van der Waals surface area contributed by atoms with Crippen molar-refractivity contribution in [2.24, 2.45) is 0 Å². The molecule has 0 amide bonds. The van der Waals surface area contributed by atoms with E-state index in [0.29, 0.717) is 28.2 Å². The molecule has 0 bridgehead atoms. The normalized spacial score (nSPS) is 11.1. The third kappa shape index (κ3) is 3.72. The SMILES string of the molecule is Cc1ccc(-n2nnnc2SCc2noc(-c3ccc(F)cc3)n2)c(C)c1. The van der Waals surface area contributed by atoms with Gasteiger partial charge in [0.1, 0.15) is 5.82 Å². The smallest absolute Gasteiger partial charge is 0.257 e. The van der Waals surface area contributed by atoms with Crippen LogP contribution in [0.3, 0.4) is 0 Å². The Morgan fingerprint density at radius 2 is 1.93 bits per heavy atom. The van der Waals surface area contributed by atoms with Crippen LogP contribution in [0, 0.1) is 19.7 Å². The summed E-state index contributed by atoms with van der Waals surface area (Å²) in [7, 11) is 0. The molecule has 0 radical (unpaired) electrons. The van der Waals surface area contributed by atoms with Crippen molar-refractivity contribution in [3.8, 4) is 17.1 Å². The van der Waals surface area contributed by atoms with Crippen molar-refractivity contribution >= 4 is 11.8 Å². The summed E-state index contributed by atoms with van der Waals surface area (Å²) in [5.74, 6) is 0.983. The van der Waals surface area contributed by atoms with Gasteiger partial charge in [0.05, 0.1) is 11.4 Å². The highest BCUT2D eigenvalue weighted by Crippen LogP contribution is 2.25. The van der Waals surface area contributed by atoms with E-state index < -0.39 is 0 Å². The highest BCUT2D eigenvalue weighted by molar-refractivity contribution is 7.98. The Kier molecular flexibility index (Phi) is 4.68. The van der Waals surface area contributed by atoms with Crippen LogP contribution in [0.15, 0.2) is 52.1 Å². The molecule has 9 heteroatoms. The number of hydrogen-bond acceptors (Lipinski definition) is 7. The topological polar surface area (TPSA) is 82.5 Å². The fraction of sp³-hybridized carbons (Fsp3) is 0.167. The Morgan fingerprint density at radius 3 is 2.70 bits per heavy atom. The van der Waals surface area contributed by atoms with Crippen LogP contribution in [0.5, 0.6) is 0 Å². The first kappa shape index (κ1) is 17.3. The first-order valence-electron chi connectivity index (χ1n) is 8.17. The van der Waals surface area contributed by atoms with E-state index in [1.807, 2.05) is 26.0 Å². The molecule has 0 atom stereocenters. The number of hydrogen-bond donors (Lipinski definition) is 0. The van der Waals surface area contributed by atoms with Gasteiger partial charge in [0.15, 0.2) is 5.82 Å². The number of benzene rings is 2. The average Bonchev–Trinajstić information content (AvgIpc) is 3.30. The summed E-state index contributed by atoms with van der Waals surface area (Å²) in [6, 6.07) is 12.0. The largest absolute Gasteiger partial charge is 0.334 e. The summed E-state index contributed by atoms with van der Waals surface area (Å²) in [4.78, 5) is 4.34. The zero-order valence-electron chi connectivity index (χ0n) is 14.6. The zero-order valence-corrected chi connectivity index (χ0v) is 15.4. The van der Waals surface area contributed by atoms with Crippen LogP contribution in [-0.2, 0) is 5.75 Å². The number of aryl methyl sites for hydroxylation is 2. The standard InChI is InChI=1S/C18H15FN6OS/c1-11-3-8-15(12(2)9-11)25-18(21-23-24-25)27-10-16-20-17(26-22-16)13-4-6-14(19)7-5-13/h3-9H,10H2,1-2H3. The average molecular weight is 382 g/mol. The second kappa shape index (κ2) is 7.28. The fourth-order valence-electron chi connectivity index (χ4n) is 2.61. The van der Waals surface area contributed by atoms with E-state index in [9.17, 15) is 4.39 Å². The molecule has 0 unspecified atom stereocenters. The molecule has 27 heavy (non-hydrogen) atoms. The molecule has 7 nitrogen and oxygen atoms in total. The molecule has 4 rings (SSSR count). The summed E-state index contributed by atoms with van der Waals surface area (Å²) < 4.78 is 20.0. The van der Waals surface area contributed by atoms with Crippen molar-refractivity contribution in [1.29, 1.82) is 0 Å². The van der Waals surface area contributed by atoms with Crippen LogP contribution in [0.2, 0.25) is 0 Å².